The number of aliphatic hydroxyl groups excluding tert-OH is 1. The summed E-state index contributed by atoms with van der Waals surface area (Å²) in [5.41, 5.74) is 0. The van der Waals surface area contributed by atoms with Gasteiger partial charge < -0.3 is 33.8 Å². The van der Waals surface area contributed by atoms with Crippen LogP contribution in [0.2, 0.25) is 0 Å². The molecule has 3 unspecified atom stereocenters. The molecule has 0 heterocycles. The van der Waals surface area contributed by atoms with Gasteiger partial charge in [0, 0.05) is 25.7 Å². The van der Waals surface area contributed by atoms with Crippen LogP contribution in [0.5, 0.6) is 0 Å². The van der Waals surface area contributed by atoms with E-state index in [0.717, 1.165) is 115 Å². The highest BCUT2D eigenvalue weighted by Gasteiger charge is 2.30. The number of aliphatic hydroxyl groups is 1. The topological polar surface area (TPSA) is 237 Å². The summed E-state index contributed by atoms with van der Waals surface area (Å²) in [5.74, 6) is 0.741. The molecule has 0 rings (SSSR count). The molecule has 0 aromatic carbocycles. The molecule has 3 N–H and O–H groups in total. The lowest BCUT2D eigenvalue weighted by Gasteiger charge is -2.21. The van der Waals surface area contributed by atoms with Gasteiger partial charge in [-0.2, -0.15) is 0 Å². The Labute approximate surface area is 517 Å². The summed E-state index contributed by atoms with van der Waals surface area (Å²) in [6.07, 6.45) is 36.5. The third kappa shape index (κ3) is 60.7. The van der Waals surface area contributed by atoms with Gasteiger partial charge in [0.05, 0.1) is 26.4 Å². The highest BCUT2D eigenvalue weighted by molar-refractivity contribution is 7.47. The van der Waals surface area contributed by atoms with Crippen LogP contribution < -0.4 is 0 Å². The first-order chi connectivity index (χ1) is 40.6. The SMILES string of the molecule is CC(C)CCCCCCCCCCCCCCC(=O)O[C@H](COC(=O)CCCCCCCCCC(C)C)COP(=O)(O)OCC(O)COP(=O)(O)OC[C@@H](COC(=O)CCCCCCCCC(C)C)OC(=O)CCCCCCCCCCC(C)C. The van der Waals surface area contributed by atoms with Gasteiger partial charge >= 0.3 is 39.5 Å². The molecule has 19 heteroatoms. The molecule has 0 aromatic rings. The first-order valence-corrected chi connectivity index (χ1v) is 37.2. The van der Waals surface area contributed by atoms with E-state index in [4.69, 9.17) is 37.0 Å². The fraction of sp³-hybridized carbons (Fsp3) is 0.939. The normalized spacial score (nSPS) is 14.4. The minimum atomic E-state index is -4.95. The van der Waals surface area contributed by atoms with E-state index in [-0.39, 0.29) is 25.7 Å². The van der Waals surface area contributed by atoms with Crippen molar-refractivity contribution in [3.8, 4) is 0 Å². The van der Waals surface area contributed by atoms with Crippen molar-refractivity contribution in [1.82, 2.24) is 0 Å². The van der Waals surface area contributed by atoms with E-state index in [2.05, 4.69) is 55.4 Å². The van der Waals surface area contributed by atoms with Crippen LogP contribution >= 0.6 is 15.6 Å². The average molecular weight is 1260 g/mol. The second-order valence-electron chi connectivity index (χ2n) is 25.8. The number of ether oxygens (including phenoxy) is 4. The average Bonchev–Trinajstić information content (AvgIpc) is 3.57. The van der Waals surface area contributed by atoms with Gasteiger partial charge in [0.25, 0.3) is 0 Å². The van der Waals surface area contributed by atoms with Gasteiger partial charge in [0.15, 0.2) is 12.2 Å². The summed E-state index contributed by atoms with van der Waals surface area (Å²) >= 11 is 0. The fourth-order valence-corrected chi connectivity index (χ4v) is 11.4. The Hall–Kier alpha value is -1.94. The number of carbonyl (C=O) groups excluding carboxylic acids is 4. The molecule has 0 fully saturated rings. The van der Waals surface area contributed by atoms with Crippen LogP contribution in [0.3, 0.4) is 0 Å². The zero-order valence-corrected chi connectivity index (χ0v) is 57.0. The van der Waals surface area contributed by atoms with E-state index in [1.807, 2.05) is 0 Å². The molecule has 0 amide bonds. The first kappa shape index (κ1) is 83.1. The Morgan fingerprint density at radius 3 is 0.729 bits per heavy atom. The maximum absolute atomic E-state index is 13.0. The number of rotatable bonds is 63. The molecule has 504 valence electrons. The van der Waals surface area contributed by atoms with Crippen molar-refractivity contribution in [3.05, 3.63) is 0 Å². The highest BCUT2D eigenvalue weighted by Crippen LogP contribution is 2.45. The molecule has 0 aromatic heterocycles. The van der Waals surface area contributed by atoms with Crippen molar-refractivity contribution in [1.29, 1.82) is 0 Å². The van der Waals surface area contributed by atoms with Gasteiger partial charge in [-0.25, -0.2) is 9.13 Å². The number of hydrogen-bond acceptors (Lipinski definition) is 15. The van der Waals surface area contributed by atoms with Gasteiger partial charge in [0.1, 0.15) is 19.3 Å². The van der Waals surface area contributed by atoms with E-state index in [1.165, 1.54) is 109 Å². The Morgan fingerprint density at radius 1 is 0.294 bits per heavy atom. The predicted octanol–water partition coefficient (Wildman–Crippen LogP) is 18.1. The van der Waals surface area contributed by atoms with Crippen molar-refractivity contribution < 1.29 is 80.2 Å². The van der Waals surface area contributed by atoms with Gasteiger partial charge in [-0.15, -0.1) is 0 Å². The van der Waals surface area contributed by atoms with Crippen LogP contribution in [0, 0.1) is 23.7 Å². The third-order valence-electron chi connectivity index (χ3n) is 15.1. The van der Waals surface area contributed by atoms with Gasteiger partial charge in [0.2, 0.25) is 0 Å². The van der Waals surface area contributed by atoms with Crippen LogP contribution in [0.15, 0.2) is 0 Å². The minimum Gasteiger partial charge on any atom is -0.462 e. The summed E-state index contributed by atoms with van der Waals surface area (Å²) in [7, 11) is -9.89. The van der Waals surface area contributed by atoms with E-state index in [1.54, 1.807) is 0 Å². The molecule has 5 atom stereocenters. The van der Waals surface area contributed by atoms with Crippen LogP contribution in [0.1, 0.15) is 319 Å². The number of unbranched alkanes of at least 4 members (excludes halogenated alkanes) is 29. The van der Waals surface area contributed by atoms with Crippen molar-refractivity contribution in [2.24, 2.45) is 23.7 Å². The van der Waals surface area contributed by atoms with Crippen molar-refractivity contribution in [2.45, 2.75) is 337 Å². The fourth-order valence-electron chi connectivity index (χ4n) is 9.78. The van der Waals surface area contributed by atoms with E-state index in [9.17, 15) is 43.2 Å². The Balaban J connectivity index is 5.24. The molecule has 17 nitrogen and oxygen atoms in total. The quantitative estimate of drug-likeness (QED) is 0.0222. The summed E-state index contributed by atoms with van der Waals surface area (Å²) in [6.45, 7) is 13.9. The van der Waals surface area contributed by atoms with Gasteiger partial charge in [-0.05, 0) is 49.4 Å². The lowest BCUT2D eigenvalue weighted by Crippen LogP contribution is -2.30. The summed E-state index contributed by atoms with van der Waals surface area (Å²) in [4.78, 5) is 72.3. The van der Waals surface area contributed by atoms with Crippen LogP contribution in [-0.4, -0.2) is 96.7 Å². The molecule has 0 spiro atoms. The lowest BCUT2D eigenvalue weighted by molar-refractivity contribution is -0.161. The predicted molar refractivity (Wildman–Crippen MR) is 340 cm³/mol. The van der Waals surface area contributed by atoms with Crippen LogP contribution in [-0.2, 0) is 65.4 Å². The maximum atomic E-state index is 13.0. The van der Waals surface area contributed by atoms with Crippen LogP contribution in [0.4, 0.5) is 0 Å². The first-order valence-electron chi connectivity index (χ1n) is 34.2. The van der Waals surface area contributed by atoms with Crippen molar-refractivity contribution >= 4 is 39.5 Å². The summed E-state index contributed by atoms with van der Waals surface area (Å²) in [5, 5.41) is 10.5. The Kier molecular flexibility index (Phi) is 54.8. The molecule has 0 aliphatic rings. The molecule has 85 heavy (non-hydrogen) atoms. The monoisotopic (exact) mass is 1250 g/mol. The number of phosphoric acid groups is 2. The molecule has 0 saturated carbocycles. The maximum Gasteiger partial charge on any atom is 0.472 e. The molecule has 0 aliphatic heterocycles. The zero-order valence-electron chi connectivity index (χ0n) is 55.2. The molecule has 0 aliphatic carbocycles. The number of hydrogen-bond donors (Lipinski definition) is 3. The molecular weight excluding hydrogens is 1130 g/mol. The van der Waals surface area contributed by atoms with Crippen LogP contribution in [0.25, 0.3) is 0 Å². The minimum absolute atomic E-state index is 0.103. The third-order valence-corrected chi connectivity index (χ3v) is 17.0. The van der Waals surface area contributed by atoms with Gasteiger partial charge in [-0.1, -0.05) is 267 Å². The van der Waals surface area contributed by atoms with Crippen molar-refractivity contribution in [2.75, 3.05) is 39.6 Å². The molecule has 0 bridgehead atoms. The van der Waals surface area contributed by atoms with E-state index in [0.29, 0.717) is 37.5 Å². The molecule has 0 saturated heterocycles. The van der Waals surface area contributed by atoms with E-state index >= 15 is 0 Å². The van der Waals surface area contributed by atoms with Crippen molar-refractivity contribution in [3.63, 3.8) is 0 Å². The Morgan fingerprint density at radius 2 is 0.494 bits per heavy atom. The summed E-state index contributed by atoms with van der Waals surface area (Å²) < 4.78 is 68.0. The largest absolute Gasteiger partial charge is 0.472 e. The summed E-state index contributed by atoms with van der Waals surface area (Å²) in [6, 6.07) is 0. The highest BCUT2D eigenvalue weighted by atomic mass is 31.2. The second kappa shape index (κ2) is 56.1. The standard InChI is InChI=1S/C66H128O17P2/c1-56(2)42-34-26-18-13-11-9-10-12-14-21-32-40-48-65(70)82-61(52-76-63(68)46-38-30-23-17-20-28-36-44-58(5)6)54-80-84(72,73)78-50-60(67)51-79-85(74,75)81-55-62(53-77-64(69)47-39-31-25-24-29-37-45-59(7)8)83-66(71)49-41-33-22-16-15-19-27-35-43-57(3)4/h56-62,67H,9-55H2,1-8H3,(H,72,73)(H,74,75)/t60?,61-,62-/m1/s1. The number of phosphoric ester groups is 2. The number of carbonyl (C=O) groups is 4. The second-order valence-corrected chi connectivity index (χ2v) is 28.7. The number of esters is 4. The molecular formula is C66H128O17P2. The zero-order chi connectivity index (χ0) is 63.2. The van der Waals surface area contributed by atoms with E-state index < -0.39 is 97.5 Å². The Bertz CT molecular complexity index is 1700. The molecule has 0 radical (unpaired) electrons. The smallest absolute Gasteiger partial charge is 0.462 e. The van der Waals surface area contributed by atoms with Gasteiger partial charge in [-0.3, -0.25) is 37.3 Å². The lowest BCUT2D eigenvalue weighted by atomic mass is 10.0.